The van der Waals surface area contributed by atoms with E-state index in [2.05, 4.69) is 87.4 Å². The summed E-state index contributed by atoms with van der Waals surface area (Å²) in [5.74, 6) is 0. The van der Waals surface area contributed by atoms with Crippen LogP contribution in [-0.4, -0.2) is 0 Å². The van der Waals surface area contributed by atoms with E-state index in [4.69, 9.17) is 0 Å². The van der Waals surface area contributed by atoms with E-state index in [-0.39, 0.29) is 6.04 Å². The summed E-state index contributed by atoms with van der Waals surface area (Å²) in [6.07, 6.45) is 0. The average Bonchev–Trinajstić information content (AvgIpc) is 2.34. The highest BCUT2D eigenvalue weighted by Crippen LogP contribution is 2.25. The van der Waals surface area contributed by atoms with Gasteiger partial charge in [-0.15, -0.1) is 0 Å². The second-order valence-electron chi connectivity index (χ2n) is 4.38. The molecule has 0 heterocycles. The van der Waals surface area contributed by atoms with E-state index in [0.717, 1.165) is 14.6 Å². The number of nitrogens with one attached hydrogen (secondary N) is 1. The number of halogens is 2. The van der Waals surface area contributed by atoms with Gasteiger partial charge in [0.15, 0.2) is 0 Å². The third kappa shape index (κ3) is 3.36. The fourth-order valence-electron chi connectivity index (χ4n) is 1.79. The van der Waals surface area contributed by atoms with E-state index in [0.29, 0.717) is 0 Å². The summed E-state index contributed by atoms with van der Waals surface area (Å²) >= 11 is 7.06. The van der Waals surface area contributed by atoms with Gasteiger partial charge in [0.05, 0.1) is 0 Å². The monoisotopic (exact) mass is 367 g/mol. The van der Waals surface area contributed by atoms with Gasteiger partial charge in [-0.1, -0.05) is 50.1 Å². The van der Waals surface area contributed by atoms with Gasteiger partial charge in [0.1, 0.15) is 0 Å². The van der Waals surface area contributed by atoms with Gasteiger partial charge in [0.25, 0.3) is 0 Å². The minimum absolute atomic E-state index is 0.275. The van der Waals surface area contributed by atoms with Gasteiger partial charge in [0, 0.05) is 20.7 Å². The molecule has 1 nitrogen and oxygen atoms in total. The summed E-state index contributed by atoms with van der Waals surface area (Å²) in [6, 6.07) is 15.0. The fourth-order valence-corrected chi connectivity index (χ4v) is 2.59. The molecule has 0 aliphatic carbocycles. The van der Waals surface area contributed by atoms with Crippen LogP contribution in [0.1, 0.15) is 24.1 Å². The Morgan fingerprint density at radius 2 is 1.83 bits per heavy atom. The summed E-state index contributed by atoms with van der Waals surface area (Å²) in [5, 5.41) is 3.50. The molecule has 0 aliphatic rings. The highest BCUT2D eigenvalue weighted by atomic mass is 79.9. The maximum absolute atomic E-state index is 3.56. The van der Waals surface area contributed by atoms with Crippen molar-refractivity contribution in [3.63, 3.8) is 0 Å². The molecule has 1 N–H and O–H groups in total. The van der Waals surface area contributed by atoms with Crippen molar-refractivity contribution in [1.29, 1.82) is 0 Å². The molecule has 0 saturated heterocycles. The Morgan fingerprint density at radius 3 is 2.50 bits per heavy atom. The topological polar surface area (TPSA) is 12.0 Å². The molecule has 2 aromatic carbocycles. The van der Waals surface area contributed by atoms with Gasteiger partial charge in [-0.2, -0.15) is 0 Å². The zero-order valence-corrected chi connectivity index (χ0v) is 13.5. The Kier molecular flexibility index (Phi) is 4.46. The molecule has 0 aromatic heterocycles. The van der Waals surface area contributed by atoms with Crippen LogP contribution in [-0.2, 0) is 0 Å². The van der Waals surface area contributed by atoms with E-state index in [1.807, 2.05) is 6.07 Å². The van der Waals surface area contributed by atoms with Gasteiger partial charge in [-0.25, -0.2) is 0 Å². The summed E-state index contributed by atoms with van der Waals surface area (Å²) in [4.78, 5) is 0. The molecule has 0 amide bonds. The maximum Gasteiger partial charge on any atom is 0.0486 e. The van der Waals surface area contributed by atoms with Crippen molar-refractivity contribution in [3.05, 3.63) is 62.5 Å². The highest BCUT2D eigenvalue weighted by molar-refractivity contribution is 9.10. The zero-order chi connectivity index (χ0) is 13.1. The lowest BCUT2D eigenvalue weighted by atomic mass is 10.1. The molecule has 94 valence electrons. The standard InChI is InChI=1S/C15H15Br2N/c1-10-6-7-14(9-15(10)17)18-11(2)12-4-3-5-13(16)8-12/h3-9,11,18H,1-2H3. The van der Waals surface area contributed by atoms with Gasteiger partial charge in [-0.05, 0) is 49.2 Å². The Hall–Kier alpha value is -0.800. The maximum atomic E-state index is 3.56. The third-order valence-corrected chi connectivity index (χ3v) is 4.25. The van der Waals surface area contributed by atoms with Gasteiger partial charge in [-0.3, -0.25) is 0 Å². The lowest BCUT2D eigenvalue weighted by Crippen LogP contribution is -2.06. The van der Waals surface area contributed by atoms with Crippen molar-refractivity contribution in [2.24, 2.45) is 0 Å². The number of aryl methyl sites for hydroxylation is 1. The van der Waals surface area contributed by atoms with Crippen LogP contribution in [0.15, 0.2) is 51.4 Å². The molecule has 0 spiro atoms. The van der Waals surface area contributed by atoms with Gasteiger partial charge >= 0.3 is 0 Å². The van der Waals surface area contributed by atoms with Crippen molar-refractivity contribution < 1.29 is 0 Å². The number of anilines is 1. The van der Waals surface area contributed by atoms with E-state index >= 15 is 0 Å². The molecule has 0 fully saturated rings. The quantitative estimate of drug-likeness (QED) is 0.733. The first-order chi connectivity index (χ1) is 8.56. The van der Waals surface area contributed by atoms with Crippen LogP contribution in [0, 0.1) is 6.92 Å². The van der Waals surface area contributed by atoms with E-state index < -0.39 is 0 Å². The summed E-state index contributed by atoms with van der Waals surface area (Å²) in [7, 11) is 0. The molecule has 3 heteroatoms. The smallest absolute Gasteiger partial charge is 0.0486 e. The first-order valence-corrected chi connectivity index (χ1v) is 7.43. The minimum atomic E-state index is 0.275. The molecule has 18 heavy (non-hydrogen) atoms. The van der Waals surface area contributed by atoms with Crippen LogP contribution in [0.4, 0.5) is 5.69 Å². The SMILES string of the molecule is Cc1ccc(NC(C)c2cccc(Br)c2)cc1Br. The Labute approximate surface area is 125 Å². The predicted octanol–water partition coefficient (Wildman–Crippen LogP) is 5.69. The first-order valence-electron chi connectivity index (χ1n) is 5.84. The Morgan fingerprint density at radius 1 is 1.06 bits per heavy atom. The average molecular weight is 369 g/mol. The molecule has 2 rings (SSSR count). The normalized spacial score (nSPS) is 12.2. The van der Waals surface area contributed by atoms with E-state index in [1.165, 1.54) is 11.1 Å². The zero-order valence-electron chi connectivity index (χ0n) is 10.4. The Balaban J connectivity index is 2.16. The number of hydrogen-bond acceptors (Lipinski definition) is 1. The van der Waals surface area contributed by atoms with Crippen molar-refractivity contribution in [1.82, 2.24) is 0 Å². The van der Waals surface area contributed by atoms with E-state index in [1.54, 1.807) is 0 Å². The molecular weight excluding hydrogens is 354 g/mol. The summed E-state index contributed by atoms with van der Waals surface area (Å²) < 4.78 is 2.24. The third-order valence-electron chi connectivity index (χ3n) is 2.90. The second-order valence-corrected chi connectivity index (χ2v) is 6.16. The van der Waals surface area contributed by atoms with Crippen LogP contribution in [0.3, 0.4) is 0 Å². The Bertz CT molecular complexity index is 552. The minimum Gasteiger partial charge on any atom is -0.378 e. The lowest BCUT2D eigenvalue weighted by molar-refractivity contribution is 0.883. The molecule has 0 bridgehead atoms. The van der Waals surface area contributed by atoms with Gasteiger partial charge in [0.2, 0.25) is 0 Å². The molecule has 0 radical (unpaired) electrons. The van der Waals surface area contributed by atoms with Crippen molar-refractivity contribution in [2.45, 2.75) is 19.9 Å². The van der Waals surface area contributed by atoms with Crippen LogP contribution < -0.4 is 5.32 Å². The van der Waals surface area contributed by atoms with Crippen molar-refractivity contribution in [3.8, 4) is 0 Å². The van der Waals surface area contributed by atoms with E-state index in [9.17, 15) is 0 Å². The van der Waals surface area contributed by atoms with Crippen LogP contribution in [0.5, 0.6) is 0 Å². The van der Waals surface area contributed by atoms with Crippen LogP contribution >= 0.6 is 31.9 Å². The van der Waals surface area contributed by atoms with Crippen molar-refractivity contribution in [2.75, 3.05) is 5.32 Å². The molecule has 0 saturated carbocycles. The summed E-state index contributed by atoms with van der Waals surface area (Å²) in [6.45, 7) is 4.25. The number of benzene rings is 2. The van der Waals surface area contributed by atoms with Crippen molar-refractivity contribution >= 4 is 37.5 Å². The largest absolute Gasteiger partial charge is 0.378 e. The first kappa shape index (κ1) is 13.6. The fraction of sp³-hybridized carbons (Fsp3) is 0.200. The molecule has 1 atom stereocenters. The molecular formula is C15H15Br2N. The number of rotatable bonds is 3. The highest BCUT2D eigenvalue weighted by Gasteiger charge is 2.06. The lowest BCUT2D eigenvalue weighted by Gasteiger charge is -2.16. The predicted molar refractivity (Wildman–Crippen MR) is 85.1 cm³/mol. The molecule has 2 aromatic rings. The second kappa shape index (κ2) is 5.89. The molecule has 0 aliphatic heterocycles. The van der Waals surface area contributed by atoms with Crippen LogP contribution in [0.2, 0.25) is 0 Å². The molecule has 1 unspecified atom stereocenters. The summed E-state index contributed by atoms with van der Waals surface area (Å²) in [5.41, 5.74) is 3.64. The van der Waals surface area contributed by atoms with Crippen LogP contribution in [0.25, 0.3) is 0 Å². The number of hydrogen-bond donors (Lipinski definition) is 1. The van der Waals surface area contributed by atoms with Gasteiger partial charge < -0.3 is 5.32 Å².